The van der Waals surface area contributed by atoms with Crippen LogP contribution in [0.1, 0.15) is 11.6 Å². The van der Waals surface area contributed by atoms with Gasteiger partial charge in [-0.05, 0) is 48.6 Å². The number of anilines is 2. The third-order valence-corrected chi connectivity index (χ3v) is 5.85. The molecule has 0 bridgehead atoms. The average Bonchev–Trinajstić information content (AvgIpc) is 3.40. The molecular formula is C26H24FN5O6. The Hall–Kier alpha value is -4.55. The lowest BCUT2D eigenvalue weighted by atomic mass is 10.2. The quantitative estimate of drug-likeness (QED) is 0.183. The molecule has 2 aromatic carbocycles. The van der Waals surface area contributed by atoms with Crippen LogP contribution in [0.15, 0.2) is 52.9 Å². The summed E-state index contributed by atoms with van der Waals surface area (Å²) in [5, 5.41) is 24.0. The number of aromatic nitrogens is 2. The number of phenolic OH excluding ortho intramolecular Hbond substituents is 1. The molecule has 1 fully saturated rings. The highest BCUT2D eigenvalue weighted by Crippen LogP contribution is 2.30. The van der Waals surface area contributed by atoms with Crippen LogP contribution in [0, 0.1) is 15.9 Å². The fourth-order valence-electron chi connectivity index (χ4n) is 3.91. The number of rotatable bonds is 9. The number of nitrogens with zero attached hydrogens (tertiary/aromatic N) is 4. The van der Waals surface area contributed by atoms with Gasteiger partial charge in [-0.3, -0.25) is 15.0 Å². The van der Waals surface area contributed by atoms with Crippen molar-refractivity contribution in [3.63, 3.8) is 0 Å². The molecule has 0 aliphatic carbocycles. The molecule has 0 atom stereocenters. The van der Waals surface area contributed by atoms with Crippen LogP contribution in [0.5, 0.6) is 11.5 Å². The SMILES string of the molecule is O=[N+]([O-])c1ccc(C=Cc2nc(Nc3ccc(O)cc3)c3cc(F)c(OCCN4CCOCC4)cc3n2)o1. The summed E-state index contributed by atoms with van der Waals surface area (Å²) in [4.78, 5) is 21.5. The Labute approximate surface area is 216 Å². The summed E-state index contributed by atoms with van der Waals surface area (Å²) in [6.07, 6.45) is 3.04. The van der Waals surface area contributed by atoms with E-state index in [1.807, 2.05) is 0 Å². The number of halogens is 1. The smallest absolute Gasteiger partial charge is 0.433 e. The lowest BCUT2D eigenvalue weighted by Gasteiger charge is -2.26. The van der Waals surface area contributed by atoms with E-state index in [0.717, 1.165) is 13.1 Å². The number of hydrogen-bond donors (Lipinski definition) is 2. The van der Waals surface area contributed by atoms with E-state index in [-0.39, 0.29) is 29.0 Å². The van der Waals surface area contributed by atoms with E-state index in [9.17, 15) is 15.2 Å². The van der Waals surface area contributed by atoms with Gasteiger partial charge in [-0.1, -0.05) is 0 Å². The predicted molar refractivity (Wildman–Crippen MR) is 138 cm³/mol. The Kier molecular flexibility index (Phi) is 7.43. The number of nitrogens with one attached hydrogen (secondary N) is 1. The van der Waals surface area contributed by atoms with Crippen LogP contribution >= 0.6 is 0 Å². The van der Waals surface area contributed by atoms with Gasteiger partial charge in [0.15, 0.2) is 17.4 Å². The number of ether oxygens (including phenoxy) is 2. The zero-order valence-electron chi connectivity index (χ0n) is 20.2. The van der Waals surface area contributed by atoms with Gasteiger partial charge in [0.1, 0.15) is 28.9 Å². The van der Waals surface area contributed by atoms with Crippen molar-refractivity contribution in [1.29, 1.82) is 0 Å². The molecule has 12 heteroatoms. The van der Waals surface area contributed by atoms with Crippen LogP contribution in [-0.2, 0) is 4.74 Å². The molecule has 2 N–H and O–H groups in total. The molecular weight excluding hydrogens is 497 g/mol. The van der Waals surface area contributed by atoms with E-state index in [4.69, 9.17) is 13.9 Å². The van der Waals surface area contributed by atoms with Crippen LogP contribution in [0.25, 0.3) is 23.1 Å². The fourth-order valence-corrected chi connectivity index (χ4v) is 3.91. The topological polar surface area (TPSA) is 136 Å². The summed E-state index contributed by atoms with van der Waals surface area (Å²) in [5.74, 6) is 0.0601. The third-order valence-electron chi connectivity index (χ3n) is 5.85. The van der Waals surface area contributed by atoms with Gasteiger partial charge in [0.05, 0.1) is 24.8 Å². The molecule has 2 aromatic heterocycles. The van der Waals surface area contributed by atoms with Crippen molar-refractivity contribution in [3.05, 3.63) is 76.0 Å². The molecule has 38 heavy (non-hydrogen) atoms. The van der Waals surface area contributed by atoms with Crippen molar-refractivity contribution >= 4 is 40.4 Å². The van der Waals surface area contributed by atoms with Crippen LogP contribution in [0.2, 0.25) is 0 Å². The molecule has 4 aromatic rings. The van der Waals surface area contributed by atoms with Gasteiger partial charge in [0.25, 0.3) is 0 Å². The van der Waals surface area contributed by atoms with Gasteiger partial charge >= 0.3 is 5.88 Å². The van der Waals surface area contributed by atoms with Gasteiger partial charge in [0.2, 0.25) is 0 Å². The van der Waals surface area contributed by atoms with Gasteiger partial charge in [0, 0.05) is 36.8 Å². The maximum absolute atomic E-state index is 15.0. The normalized spacial score (nSPS) is 14.2. The highest BCUT2D eigenvalue weighted by molar-refractivity contribution is 5.92. The molecule has 1 saturated heterocycles. The summed E-state index contributed by atoms with van der Waals surface area (Å²) in [6.45, 7) is 3.88. The average molecular weight is 522 g/mol. The Morgan fingerprint density at radius 3 is 2.66 bits per heavy atom. The summed E-state index contributed by atoms with van der Waals surface area (Å²) >= 11 is 0. The second kappa shape index (κ2) is 11.2. The minimum Gasteiger partial charge on any atom is -0.508 e. The lowest BCUT2D eigenvalue weighted by Crippen LogP contribution is -2.38. The van der Waals surface area contributed by atoms with Crippen molar-refractivity contribution < 1.29 is 28.3 Å². The van der Waals surface area contributed by atoms with E-state index in [1.165, 1.54) is 48.6 Å². The van der Waals surface area contributed by atoms with Crippen molar-refractivity contribution in [1.82, 2.24) is 14.9 Å². The maximum Gasteiger partial charge on any atom is 0.433 e. The monoisotopic (exact) mass is 521 g/mol. The zero-order valence-corrected chi connectivity index (χ0v) is 20.2. The van der Waals surface area contributed by atoms with Crippen LogP contribution in [0.3, 0.4) is 0 Å². The fraction of sp³-hybridized carbons (Fsp3) is 0.231. The predicted octanol–water partition coefficient (Wildman–Crippen LogP) is 4.60. The number of hydrogen-bond acceptors (Lipinski definition) is 10. The van der Waals surface area contributed by atoms with Gasteiger partial charge in [-0.15, -0.1) is 0 Å². The minimum atomic E-state index is -0.626. The standard InChI is InChI=1S/C26H24FN5O6/c27-21-15-20-22(16-23(21)37-14-11-31-9-12-36-13-10-31)29-24(7-5-19-6-8-25(38-19)32(34)35)30-26(20)28-17-1-3-18(33)4-2-17/h1-8,15-16,33H,9-14H2,(H,28,29,30). The van der Waals surface area contributed by atoms with E-state index in [0.29, 0.717) is 48.8 Å². The Bertz CT molecular complexity index is 1470. The molecule has 0 saturated carbocycles. The molecule has 11 nitrogen and oxygen atoms in total. The molecule has 1 aliphatic heterocycles. The highest BCUT2D eigenvalue weighted by Gasteiger charge is 2.15. The minimum absolute atomic E-state index is 0.0663. The van der Waals surface area contributed by atoms with Crippen molar-refractivity contribution in [2.75, 3.05) is 44.8 Å². The van der Waals surface area contributed by atoms with E-state index in [1.54, 1.807) is 12.1 Å². The maximum atomic E-state index is 15.0. The Morgan fingerprint density at radius 2 is 1.92 bits per heavy atom. The van der Waals surface area contributed by atoms with Crippen molar-refractivity contribution in [2.45, 2.75) is 0 Å². The van der Waals surface area contributed by atoms with Gasteiger partial charge in [-0.25, -0.2) is 14.4 Å². The van der Waals surface area contributed by atoms with Crippen LogP contribution in [-0.4, -0.2) is 64.4 Å². The number of benzene rings is 2. The van der Waals surface area contributed by atoms with Crippen LogP contribution in [0.4, 0.5) is 21.8 Å². The highest BCUT2D eigenvalue weighted by atomic mass is 19.1. The number of phenols is 1. The second-order valence-corrected chi connectivity index (χ2v) is 8.47. The Balaban J connectivity index is 1.45. The number of aromatic hydroxyl groups is 1. The summed E-state index contributed by atoms with van der Waals surface area (Å²) in [5.41, 5.74) is 1.04. The molecule has 0 radical (unpaired) electrons. The summed E-state index contributed by atoms with van der Waals surface area (Å²) in [6, 6.07) is 11.9. The summed E-state index contributed by atoms with van der Waals surface area (Å²) < 4.78 is 31.3. The zero-order chi connectivity index (χ0) is 26.5. The molecule has 0 spiro atoms. The molecule has 0 amide bonds. The first-order valence-electron chi connectivity index (χ1n) is 11.9. The lowest BCUT2D eigenvalue weighted by molar-refractivity contribution is -0.402. The first-order valence-corrected chi connectivity index (χ1v) is 11.9. The molecule has 1 aliphatic rings. The third kappa shape index (κ3) is 6.05. The largest absolute Gasteiger partial charge is 0.508 e. The molecule has 196 valence electrons. The van der Waals surface area contributed by atoms with E-state index >= 15 is 4.39 Å². The second-order valence-electron chi connectivity index (χ2n) is 8.47. The van der Waals surface area contributed by atoms with Crippen molar-refractivity contribution in [3.8, 4) is 11.5 Å². The van der Waals surface area contributed by atoms with Gasteiger partial charge in [-0.2, -0.15) is 0 Å². The van der Waals surface area contributed by atoms with E-state index in [2.05, 4.69) is 20.2 Å². The molecule has 0 unspecified atom stereocenters. The number of furan rings is 1. The number of morpholine rings is 1. The van der Waals surface area contributed by atoms with Crippen molar-refractivity contribution in [2.24, 2.45) is 0 Å². The number of fused-ring (bicyclic) bond motifs is 1. The first kappa shape index (κ1) is 25.1. The number of nitro groups is 1. The summed E-state index contributed by atoms with van der Waals surface area (Å²) in [7, 11) is 0. The molecule has 3 heterocycles. The van der Waals surface area contributed by atoms with Gasteiger partial charge < -0.3 is 24.3 Å². The van der Waals surface area contributed by atoms with E-state index < -0.39 is 10.7 Å². The molecule has 5 rings (SSSR count). The Morgan fingerprint density at radius 1 is 1.13 bits per heavy atom. The first-order chi connectivity index (χ1) is 18.4. The van der Waals surface area contributed by atoms with Crippen LogP contribution < -0.4 is 10.1 Å².